The van der Waals surface area contributed by atoms with Crippen LogP contribution < -0.4 is 5.32 Å². The Bertz CT molecular complexity index is 739. The van der Waals surface area contributed by atoms with Gasteiger partial charge in [0.1, 0.15) is 0 Å². The maximum absolute atomic E-state index is 12.0. The molecule has 1 amide bonds. The molecule has 0 unspecified atom stereocenters. The molecule has 0 spiro atoms. The molecule has 1 aromatic carbocycles. The number of aromatic nitrogens is 3. The molecule has 2 aromatic heterocycles. The standard InChI is InChI=1S/C13H9ClN4O/c14-13-17-10-2-1-9(7-11(10)18-13)16-12(19)8-3-5-15-6-4-8/h1-7H,(H,16,19)(H,17,18). The van der Waals surface area contributed by atoms with E-state index >= 15 is 0 Å². The van der Waals surface area contributed by atoms with E-state index in [0.717, 1.165) is 11.0 Å². The molecule has 0 saturated heterocycles. The van der Waals surface area contributed by atoms with Gasteiger partial charge in [-0.15, -0.1) is 0 Å². The molecular formula is C13H9ClN4O. The summed E-state index contributed by atoms with van der Waals surface area (Å²) in [6, 6.07) is 8.66. The topological polar surface area (TPSA) is 70.7 Å². The Kier molecular flexibility index (Phi) is 2.89. The van der Waals surface area contributed by atoms with Crippen LogP contribution in [-0.2, 0) is 0 Å². The smallest absolute Gasteiger partial charge is 0.255 e. The van der Waals surface area contributed by atoms with Gasteiger partial charge in [0, 0.05) is 23.6 Å². The van der Waals surface area contributed by atoms with Crippen molar-refractivity contribution in [2.45, 2.75) is 0 Å². The number of benzene rings is 1. The first-order valence-electron chi connectivity index (χ1n) is 5.59. The van der Waals surface area contributed by atoms with E-state index in [1.165, 1.54) is 0 Å². The number of rotatable bonds is 2. The van der Waals surface area contributed by atoms with Crippen molar-refractivity contribution in [2.24, 2.45) is 0 Å². The summed E-state index contributed by atoms with van der Waals surface area (Å²) in [6.07, 6.45) is 3.15. The fourth-order valence-electron chi connectivity index (χ4n) is 1.76. The summed E-state index contributed by atoms with van der Waals surface area (Å²) < 4.78 is 0. The van der Waals surface area contributed by atoms with Gasteiger partial charge < -0.3 is 10.3 Å². The number of amides is 1. The average Bonchev–Trinajstić information content (AvgIpc) is 2.79. The second-order valence-electron chi connectivity index (χ2n) is 3.95. The van der Waals surface area contributed by atoms with Crippen LogP contribution >= 0.6 is 11.6 Å². The van der Waals surface area contributed by atoms with Crippen molar-refractivity contribution in [3.63, 3.8) is 0 Å². The molecule has 0 aliphatic carbocycles. The number of carbonyl (C=O) groups is 1. The summed E-state index contributed by atoms with van der Waals surface area (Å²) >= 11 is 5.78. The SMILES string of the molecule is O=C(Nc1ccc2nc(Cl)[nH]c2c1)c1ccncc1. The third-order valence-corrected chi connectivity index (χ3v) is 2.83. The van der Waals surface area contributed by atoms with E-state index in [2.05, 4.69) is 20.3 Å². The molecule has 0 saturated carbocycles. The van der Waals surface area contributed by atoms with Crippen LogP contribution in [0.5, 0.6) is 0 Å². The van der Waals surface area contributed by atoms with Crippen LogP contribution in [0.4, 0.5) is 5.69 Å². The normalized spacial score (nSPS) is 10.6. The minimum Gasteiger partial charge on any atom is -0.329 e. The van der Waals surface area contributed by atoms with Crippen LogP contribution in [0, 0.1) is 0 Å². The molecule has 5 nitrogen and oxygen atoms in total. The van der Waals surface area contributed by atoms with Gasteiger partial charge in [0.15, 0.2) is 0 Å². The molecule has 3 rings (SSSR count). The van der Waals surface area contributed by atoms with Crippen molar-refractivity contribution in [1.29, 1.82) is 0 Å². The van der Waals surface area contributed by atoms with Gasteiger partial charge in [-0.2, -0.15) is 0 Å². The molecule has 3 aromatic rings. The predicted molar refractivity (Wildman–Crippen MR) is 73.3 cm³/mol. The van der Waals surface area contributed by atoms with E-state index in [4.69, 9.17) is 11.6 Å². The number of fused-ring (bicyclic) bond motifs is 1. The van der Waals surface area contributed by atoms with E-state index < -0.39 is 0 Å². The lowest BCUT2D eigenvalue weighted by Crippen LogP contribution is -2.11. The molecule has 2 heterocycles. The number of hydrogen-bond acceptors (Lipinski definition) is 3. The first-order valence-corrected chi connectivity index (χ1v) is 5.97. The molecule has 0 fully saturated rings. The highest BCUT2D eigenvalue weighted by molar-refractivity contribution is 6.29. The van der Waals surface area contributed by atoms with Gasteiger partial charge in [0.2, 0.25) is 5.28 Å². The Morgan fingerprint density at radius 1 is 1.21 bits per heavy atom. The van der Waals surface area contributed by atoms with Crippen LogP contribution in [0.15, 0.2) is 42.7 Å². The van der Waals surface area contributed by atoms with Gasteiger partial charge >= 0.3 is 0 Å². The molecule has 19 heavy (non-hydrogen) atoms. The third kappa shape index (κ3) is 2.41. The van der Waals surface area contributed by atoms with Crippen molar-refractivity contribution in [1.82, 2.24) is 15.0 Å². The van der Waals surface area contributed by atoms with Crippen molar-refractivity contribution in [2.75, 3.05) is 5.32 Å². The summed E-state index contributed by atoms with van der Waals surface area (Å²) in [5.74, 6) is -0.188. The summed E-state index contributed by atoms with van der Waals surface area (Å²) in [4.78, 5) is 22.8. The Balaban J connectivity index is 1.87. The van der Waals surface area contributed by atoms with Gasteiger partial charge in [-0.25, -0.2) is 4.98 Å². The van der Waals surface area contributed by atoms with Gasteiger partial charge in [0.25, 0.3) is 5.91 Å². The Morgan fingerprint density at radius 3 is 2.79 bits per heavy atom. The lowest BCUT2D eigenvalue weighted by Gasteiger charge is -2.04. The minimum absolute atomic E-state index is 0.188. The first kappa shape index (κ1) is 11.7. The number of nitrogens with one attached hydrogen (secondary N) is 2. The third-order valence-electron chi connectivity index (χ3n) is 2.65. The van der Waals surface area contributed by atoms with Gasteiger partial charge in [-0.05, 0) is 41.9 Å². The largest absolute Gasteiger partial charge is 0.329 e. The molecular weight excluding hydrogens is 264 g/mol. The number of halogens is 1. The predicted octanol–water partition coefficient (Wildman–Crippen LogP) is 2.86. The molecule has 6 heteroatoms. The van der Waals surface area contributed by atoms with Crippen molar-refractivity contribution >= 4 is 34.2 Å². The van der Waals surface area contributed by atoms with Crippen molar-refractivity contribution in [3.05, 3.63) is 53.6 Å². The van der Waals surface area contributed by atoms with E-state index in [1.54, 1.807) is 42.7 Å². The lowest BCUT2D eigenvalue weighted by molar-refractivity contribution is 0.102. The molecule has 0 bridgehead atoms. The van der Waals surface area contributed by atoms with Gasteiger partial charge in [0.05, 0.1) is 11.0 Å². The van der Waals surface area contributed by atoms with Crippen LogP contribution in [0.25, 0.3) is 11.0 Å². The van der Waals surface area contributed by atoms with Gasteiger partial charge in [-0.3, -0.25) is 9.78 Å². The summed E-state index contributed by atoms with van der Waals surface area (Å²) in [5, 5.41) is 3.13. The summed E-state index contributed by atoms with van der Waals surface area (Å²) in [6.45, 7) is 0. The molecule has 2 N–H and O–H groups in total. The zero-order chi connectivity index (χ0) is 13.2. The first-order chi connectivity index (χ1) is 9.22. The van der Waals surface area contributed by atoms with Gasteiger partial charge in [-0.1, -0.05) is 0 Å². The number of imidazole rings is 1. The average molecular weight is 273 g/mol. The number of H-pyrrole nitrogens is 1. The zero-order valence-electron chi connectivity index (χ0n) is 9.72. The highest BCUT2D eigenvalue weighted by Gasteiger charge is 2.07. The zero-order valence-corrected chi connectivity index (χ0v) is 10.5. The van der Waals surface area contributed by atoms with Crippen LogP contribution in [-0.4, -0.2) is 20.9 Å². The summed E-state index contributed by atoms with van der Waals surface area (Å²) in [5.41, 5.74) is 2.76. The lowest BCUT2D eigenvalue weighted by atomic mass is 10.2. The highest BCUT2D eigenvalue weighted by atomic mass is 35.5. The number of anilines is 1. The number of carbonyl (C=O) groups excluding carboxylic acids is 1. The monoisotopic (exact) mass is 272 g/mol. The van der Waals surface area contributed by atoms with E-state index in [-0.39, 0.29) is 5.91 Å². The Labute approximate surface area is 113 Å². The molecule has 0 aliphatic heterocycles. The second-order valence-corrected chi connectivity index (χ2v) is 4.31. The molecule has 0 radical (unpaired) electrons. The fourth-order valence-corrected chi connectivity index (χ4v) is 1.96. The van der Waals surface area contributed by atoms with Crippen LogP contribution in [0.3, 0.4) is 0 Å². The quantitative estimate of drug-likeness (QED) is 0.753. The maximum Gasteiger partial charge on any atom is 0.255 e. The van der Waals surface area contributed by atoms with E-state index in [0.29, 0.717) is 16.5 Å². The number of hydrogen-bond donors (Lipinski definition) is 2. The van der Waals surface area contributed by atoms with E-state index in [9.17, 15) is 4.79 Å². The van der Waals surface area contributed by atoms with Crippen molar-refractivity contribution in [3.8, 4) is 0 Å². The Morgan fingerprint density at radius 2 is 2.00 bits per heavy atom. The maximum atomic E-state index is 12.0. The number of aromatic amines is 1. The number of pyridine rings is 1. The molecule has 0 atom stereocenters. The molecule has 94 valence electrons. The second kappa shape index (κ2) is 4.70. The Hall–Kier alpha value is -2.40. The minimum atomic E-state index is -0.188. The highest BCUT2D eigenvalue weighted by Crippen LogP contribution is 2.19. The van der Waals surface area contributed by atoms with Crippen molar-refractivity contribution < 1.29 is 4.79 Å². The number of nitrogens with zero attached hydrogens (tertiary/aromatic N) is 2. The van der Waals surface area contributed by atoms with Crippen LogP contribution in [0.1, 0.15) is 10.4 Å². The molecule has 0 aliphatic rings. The van der Waals surface area contributed by atoms with E-state index in [1.807, 2.05) is 0 Å². The van der Waals surface area contributed by atoms with Crippen LogP contribution in [0.2, 0.25) is 5.28 Å². The fraction of sp³-hybridized carbons (Fsp3) is 0. The summed E-state index contributed by atoms with van der Waals surface area (Å²) in [7, 11) is 0.